The van der Waals surface area contributed by atoms with Gasteiger partial charge in [0.1, 0.15) is 5.75 Å². The van der Waals surface area contributed by atoms with Gasteiger partial charge in [-0.15, -0.1) is 0 Å². The third-order valence-electron chi connectivity index (χ3n) is 3.57. The molecule has 0 unspecified atom stereocenters. The summed E-state index contributed by atoms with van der Waals surface area (Å²) in [7, 11) is 0. The highest BCUT2D eigenvalue weighted by atomic mass is 35.5. The topological polar surface area (TPSA) is 75.9 Å². The van der Waals surface area contributed by atoms with Crippen LogP contribution in [-0.2, 0) is 4.79 Å². The van der Waals surface area contributed by atoms with Crippen LogP contribution in [-0.4, -0.2) is 54.5 Å². The molecule has 1 fully saturated rings. The van der Waals surface area contributed by atoms with Crippen molar-refractivity contribution in [2.45, 2.75) is 12.8 Å². The van der Waals surface area contributed by atoms with Gasteiger partial charge in [0.15, 0.2) is 0 Å². The minimum absolute atomic E-state index is 0.0124. The number of nitrogens with zero attached hydrogens (tertiary/aromatic N) is 2. The number of ether oxygens (including phenoxy) is 1. The third kappa shape index (κ3) is 4.53. The van der Waals surface area contributed by atoms with E-state index in [0.29, 0.717) is 37.0 Å². The summed E-state index contributed by atoms with van der Waals surface area (Å²) >= 11 is 5.99. The van der Waals surface area contributed by atoms with Crippen LogP contribution in [0.2, 0.25) is 5.02 Å². The average Bonchev–Trinajstić information content (AvgIpc) is 2.75. The Labute approximate surface area is 134 Å². The standard InChI is InChI=1S/C15H20ClN3O3/c16-12-4-1-2-5-13(12)22-11-6-14(20)18-7-3-8-19(10-9-18)15(17)21/h1-2,4-5H,3,6-11H2,(H2,17,21). The molecule has 0 saturated carbocycles. The highest BCUT2D eigenvalue weighted by Crippen LogP contribution is 2.23. The molecule has 1 aliphatic heterocycles. The number of carbonyl (C=O) groups excluding carboxylic acids is 2. The van der Waals surface area contributed by atoms with E-state index in [1.807, 2.05) is 12.1 Å². The van der Waals surface area contributed by atoms with Gasteiger partial charge in [-0.05, 0) is 18.6 Å². The van der Waals surface area contributed by atoms with E-state index in [2.05, 4.69) is 0 Å². The molecular formula is C15H20ClN3O3. The number of rotatable bonds is 4. The number of halogens is 1. The van der Waals surface area contributed by atoms with E-state index in [0.717, 1.165) is 6.42 Å². The molecule has 2 N–H and O–H groups in total. The highest BCUT2D eigenvalue weighted by molar-refractivity contribution is 6.32. The van der Waals surface area contributed by atoms with Crippen LogP contribution in [0.1, 0.15) is 12.8 Å². The average molecular weight is 326 g/mol. The number of hydrogen-bond acceptors (Lipinski definition) is 3. The fourth-order valence-electron chi connectivity index (χ4n) is 2.36. The molecule has 0 bridgehead atoms. The maximum atomic E-state index is 12.2. The molecule has 1 aliphatic rings. The molecule has 1 heterocycles. The van der Waals surface area contributed by atoms with Gasteiger partial charge in [0.25, 0.3) is 0 Å². The van der Waals surface area contributed by atoms with E-state index in [-0.39, 0.29) is 18.9 Å². The summed E-state index contributed by atoms with van der Waals surface area (Å²) in [5, 5.41) is 0.529. The van der Waals surface area contributed by atoms with E-state index >= 15 is 0 Å². The van der Waals surface area contributed by atoms with Crippen molar-refractivity contribution < 1.29 is 14.3 Å². The van der Waals surface area contributed by atoms with Crippen molar-refractivity contribution in [1.82, 2.24) is 9.80 Å². The molecule has 0 spiro atoms. The molecule has 1 saturated heterocycles. The summed E-state index contributed by atoms with van der Waals surface area (Å²) in [4.78, 5) is 26.6. The summed E-state index contributed by atoms with van der Waals surface area (Å²) in [6.07, 6.45) is 1.02. The quantitative estimate of drug-likeness (QED) is 0.915. The summed E-state index contributed by atoms with van der Waals surface area (Å²) in [5.41, 5.74) is 5.27. The van der Waals surface area contributed by atoms with Crippen LogP contribution in [0.4, 0.5) is 4.79 Å². The molecule has 22 heavy (non-hydrogen) atoms. The highest BCUT2D eigenvalue weighted by Gasteiger charge is 2.20. The molecule has 0 aliphatic carbocycles. The Morgan fingerprint density at radius 1 is 1.14 bits per heavy atom. The van der Waals surface area contributed by atoms with Crippen LogP contribution in [0.25, 0.3) is 0 Å². The van der Waals surface area contributed by atoms with Gasteiger partial charge in [-0.25, -0.2) is 4.79 Å². The largest absolute Gasteiger partial charge is 0.491 e. The van der Waals surface area contributed by atoms with Crippen molar-refractivity contribution >= 4 is 23.5 Å². The Morgan fingerprint density at radius 3 is 2.55 bits per heavy atom. The van der Waals surface area contributed by atoms with Crippen LogP contribution in [0.3, 0.4) is 0 Å². The van der Waals surface area contributed by atoms with Crippen molar-refractivity contribution in [3.63, 3.8) is 0 Å². The predicted molar refractivity (Wildman–Crippen MR) is 83.9 cm³/mol. The second-order valence-electron chi connectivity index (χ2n) is 5.09. The first kappa shape index (κ1) is 16.4. The SMILES string of the molecule is NC(=O)N1CCCN(C(=O)CCOc2ccccc2Cl)CC1. The van der Waals surface area contributed by atoms with Gasteiger partial charge in [-0.3, -0.25) is 4.79 Å². The molecule has 3 amide bonds. The minimum Gasteiger partial charge on any atom is -0.491 e. The number of amides is 3. The lowest BCUT2D eigenvalue weighted by Gasteiger charge is -2.21. The van der Waals surface area contributed by atoms with Crippen molar-refractivity contribution in [3.8, 4) is 5.75 Å². The number of benzene rings is 1. The molecule has 6 nitrogen and oxygen atoms in total. The number of para-hydroxylation sites is 1. The zero-order chi connectivity index (χ0) is 15.9. The smallest absolute Gasteiger partial charge is 0.314 e. The Hall–Kier alpha value is -1.95. The monoisotopic (exact) mass is 325 g/mol. The number of urea groups is 1. The lowest BCUT2D eigenvalue weighted by Crippen LogP contribution is -2.40. The molecule has 1 aromatic carbocycles. The summed E-state index contributed by atoms with van der Waals surface area (Å²) < 4.78 is 5.52. The first-order valence-electron chi connectivity index (χ1n) is 7.27. The fourth-order valence-corrected chi connectivity index (χ4v) is 2.55. The summed E-state index contributed by atoms with van der Waals surface area (Å²) in [5.74, 6) is 0.589. The van der Waals surface area contributed by atoms with Crippen LogP contribution in [0.15, 0.2) is 24.3 Å². The van der Waals surface area contributed by atoms with Crippen LogP contribution in [0.5, 0.6) is 5.75 Å². The molecule has 7 heteroatoms. The van der Waals surface area contributed by atoms with Crippen molar-refractivity contribution in [1.29, 1.82) is 0 Å². The van der Waals surface area contributed by atoms with Gasteiger partial charge >= 0.3 is 6.03 Å². The van der Waals surface area contributed by atoms with Crippen molar-refractivity contribution in [2.24, 2.45) is 5.73 Å². The molecule has 1 aromatic rings. The molecule has 0 aromatic heterocycles. The number of nitrogens with two attached hydrogens (primary N) is 1. The lowest BCUT2D eigenvalue weighted by atomic mass is 10.3. The van der Waals surface area contributed by atoms with Gasteiger partial charge < -0.3 is 20.3 Å². The normalized spacial score (nSPS) is 15.3. The van der Waals surface area contributed by atoms with E-state index in [1.165, 1.54) is 0 Å². The number of hydrogen-bond donors (Lipinski definition) is 1. The first-order valence-corrected chi connectivity index (χ1v) is 7.65. The van der Waals surface area contributed by atoms with Gasteiger partial charge in [0, 0.05) is 26.2 Å². The Kier molecular flexibility index (Phi) is 5.89. The Morgan fingerprint density at radius 2 is 1.82 bits per heavy atom. The van der Waals surface area contributed by atoms with Crippen LogP contribution < -0.4 is 10.5 Å². The van der Waals surface area contributed by atoms with E-state index in [4.69, 9.17) is 22.1 Å². The summed E-state index contributed by atoms with van der Waals surface area (Å²) in [6.45, 7) is 2.49. The number of carbonyl (C=O) groups is 2. The van der Waals surface area contributed by atoms with Gasteiger partial charge in [0.2, 0.25) is 5.91 Å². The zero-order valence-corrected chi connectivity index (χ0v) is 13.1. The van der Waals surface area contributed by atoms with Gasteiger partial charge in [-0.1, -0.05) is 23.7 Å². The third-order valence-corrected chi connectivity index (χ3v) is 3.88. The van der Waals surface area contributed by atoms with Crippen molar-refractivity contribution in [2.75, 3.05) is 32.8 Å². The van der Waals surface area contributed by atoms with E-state index < -0.39 is 6.03 Å². The van der Waals surface area contributed by atoms with Crippen LogP contribution >= 0.6 is 11.6 Å². The zero-order valence-electron chi connectivity index (χ0n) is 12.3. The predicted octanol–water partition coefficient (Wildman–Crippen LogP) is 1.72. The van der Waals surface area contributed by atoms with Crippen molar-refractivity contribution in [3.05, 3.63) is 29.3 Å². The summed E-state index contributed by atoms with van der Waals surface area (Å²) in [6, 6.07) is 6.73. The maximum absolute atomic E-state index is 12.2. The van der Waals surface area contributed by atoms with Gasteiger partial charge in [-0.2, -0.15) is 0 Å². The Bertz CT molecular complexity index is 539. The second kappa shape index (κ2) is 7.89. The number of primary amides is 1. The van der Waals surface area contributed by atoms with Crippen LogP contribution in [0, 0.1) is 0 Å². The molecule has 2 rings (SSSR count). The van der Waals surface area contributed by atoms with E-state index in [1.54, 1.807) is 21.9 Å². The second-order valence-corrected chi connectivity index (χ2v) is 5.50. The molecular weight excluding hydrogens is 306 g/mol. The molecule has 120 valence electrons. The molecule has 0 atom stereocenters. The lowest BCUT2D eigenvalue weighted by molar-refractivity contribution is -0.131. The van der Waals surface area contributed by atoms with Gasteiger partial charge in [0.05, 0.1) is 18.1 Å². The minimum atomic E-state index is -0.434. The fraction of sp³-hybridized carbons (Fsp3) is 0.467. The van der Waals surface area contributed by atoms with E-state index in [9.17, 15) is 9.59 Å². The Balaban J connectivity index is 1.77. The molecule has 0 radical (unpaired) electrons. The maximum Gasteiger partial charge on any atom is 0.314 e. The first-order chi connectivity index (χ1) is 10.6.